The first kappa shape index (κ1) is 14.7. The minimum atomic E-state index is -1.08. The van der Waals surface area contributed by atoms with Gasteiger partial charge in [0.05, 0.1) is 13.2 Å². The number of nitrogens with zero attached hydrogens (tertiary/aromatic N) is 2. The van der Waals surface area contributed by atoms with Crippen molar-refractivity contribution in [2.45, 2.75) is 0 Å². The van der Waals surface area contributed by atoms with Crippen LogP contribution in [-0.4, -0.2) is 79.0 Å². The summed E-state index contributed by atoms with van der Waals surface area (Å²) in [7, 11) is 2.90. The van der Waals surface area contributed by atoms with Crippen molar-refractivity contribution in [1.82, 2.24) is 9.80 Å². The predicted octanol–water partition coefficient (Wildman–Crippen LogP) is -0.936. The number of carboxylic acids is 1. The normalized spacial score (nSPS) is 9.94. The minimum absolute atomic E-state index is 0.159. The number of ether oxygens (including phenoxy) is 1. The van der Waals surface area contributed by atoms with Crippen molar-refractivity contribution >= 4 is 12.0 Å². The summed E-state index contributed by atoms with van der Waals surface area (Å²) in [5.74, 6) is -1.08. The fourth-order valence-corrected chi connectivity index (χ4v) is 1.14. The van der Waals surface area contributed by atoms with Crippen molar-refractivity contribution in [3.63, 3.8) is 0 Å². The molecule has 0 spiro atoms. The van der Waals surface area contributed by atoms with E-state index < -0.39 is 12.0 Å². The molecule has 0 unspecified atom stereocenters. The van der Waals surface area contributed by atoms with E-state index in [1.165, 1.54) is 19.1 Å². The van der Waals surface area contributed by atoms with Gasteiger partial charge >= 0.3 is 12.0 Å². The highest BCUT2D eigenvalue weighted by Gasteiger charge is 2.18. The third-order valence-electron chi connectivity index (χ3n) is 1.90. The number of hydrogen-bond donors (Lipinski definition) is 2. The Hall–Kier alpha value is -1.34. The summed E-state index contributed by atoms with van der Waals surface area (Å²) < 4.78 is 4.82. The van der Waals surface area contributed by atoms with E-state index in [1.54, 1.807) is 0 Å². The molecule has 0 aliphatic rings. The molecule has 0 bridgehead atoms. The quantitative estimate of drug-likeness (QED) is 0.593. The van der Waals surface area contributed by atoms with Gasteiger partial charge in [0.15, 0.2) is 0 Å². The highest BCUT2D eigenvalue weighted by atomic mass is 16.5. The van der Waals surface area contributed by atoms with E-state index in [0.29, 0.717) is 13.2 Å². The molecular weight excluding hydrogens is 216 g/mol. The van der Waals surface area contributed by atoms with Crippen LogP contribution >= 0.6 is 0 Å². The lowest BCUT2D eigenvalue weighted by Crippen LogP contribution is -2.45. The Bertz CT molecular complexity index is 234. The third kappa shape index (κ3) is 5.52. The molecule has 94 valence electrons. The molecule has 7 heteroatoms. The van der Waals surface area contributed by atoms with Crippen molar-refractivity contribution in [3.05, 3.63) is 0 Å². The molecule has 0 rings (SSSR count). The third-order valence-corrected chi connectivity index (χ3v) is 1.90. The molecule has 0 atom stereocenters. The van der Waals surface area contributed by atoms with Crippen molar-refractivity contribution in [1.29, 1.82) is 0 Å². The number of methoxy groups -OCH3 is 1. The van der Waals surface area contributed by atoms with Crippen LogP contribution in [0.5, 0.6) is 0 Å². The summed E-state index contributed by atoms with van der Waals surface area (Å²) in [5, 5.41) is 17.3. The fraction of sp³-hybridized carbons (Fsp3) is 0.778. The van der Waals surface area contributed by atoms with Crippen LogP contribution in [0.4, 0.5) is 4.79 Å². The maximum absolute atomic E-state index is 11.7. The van der Waals surface area contributed by atoms with Gasteiger partial charge in [-0.15, -0.1) is 0 Å². The Kier molecular flexibility index (Phi) is 7.23. The van der Waals surface area contributed by atoms with E-state index in [4.69, 9.17) is 14.9 Å². The zero-order valence-corrected chi connectivity index (χ0v) is 9.55. The Labute approximate surface area is 94.2 Å². The molecule has 0 aromatic carbocycles. The van der Waals surface area contributed by atoms with E-state index in [-0.39, 0.29) is 19.7 Å². The highest BCUT2D eigenvalue weighted by Crippen LogP contribution is 1.96. The number of amides is 2. The lowest BCUT2D eigenvalue weighted by Gasteiger charge is -2.26. The SMILES string of the molecule is COCCN(CCO)C(=O)N(C)CC(=O)O. The summed E-state index contributed by atoms with van der Waals surface area (Å²) >= 11 is 0. The van der Waals surface area contributed by atoms with Crippen LogP contribution < -0.4 is 0 Å². The van der Waals surface area contributed by atoms with Crippen LogP contribution in [0.15, 0.2) is 0 Å². The molecule has 0 aliphatic carbocycles. The number of aliphatic hydroxyl groups excluding tert-OH is 1. The number of aliphatic hydroxyl groups is 1. The molecule has 7 nitrogen and oxygen atoms in total. The molecule has 0 heterocycles. The van der Waals surface area contributed by atoms with E-state index in [2.05, 4.69) is 0 Å². The summed E-state index contributed by atoms with van der Waals surface area (Å²) in [4.78, 5) is 24.5. The van der Waals surface area contributed by atoms with Gasteiger partial charge in [0.1, 0.15) is 6.54 Å². The number of hydrogen-bond acceptors (Lipinski definition) is 4. The smallest absolute Gasteiger partial charge is 0.323 e. The lowest BCUT2D eigenvalue weighted by atomic mass is 10.4. The van der Waals surface area contributed by atoms with Crippen LogP contribution in [-0.2, 0) is 9.53 Å². The Balaban J connectivity index is 4.28. The average Bonchev–Trinajstić information content (AvgIpc) is 2.22. The van der Waals surface area contributed by atoms with E-state index >= 15 is 0 Å². The predicted molar refractivity (Wildman–Crippen MR) is 56.2 cm³/mol. The topological polar surface area (TPSA) is 90.3 Å². The molecule has 2 amide bonds. The first-order chi connectivity index (χ1) is 7.52. The number of aliphatic carboxylic acids is 1. The zero-order chi connectivity index (χ0) is 12.6. The summed E-state index contributed by atoms with van der Waals surface area (Å²) in [6, 6.07) is -0.437. The van der Waals surface area contributed by atoms with Crippen molar-refractivity contribution in [3.8, 4) is 0 Å². The number of likely N-dealkylation sites (N-methyl/N-ethyl adjacent to an activating group) is 1. The molecule has 0 fully saturated rings. The Morgan fingerprint density at radius 2 is 1.94 bits per heavy atom. The highest BCUT2D eigenvalue weighted by molar-refractivity contribution is 5.79. The van der Waals surface area contributed by atoms with E-state index in [0.717, 1.165) is 4.90 Å². The fourth-order valence-electron chi connectivity index (χ4n) is 1.14. The summed E-state index contributed by atoms with van der Waals surface area (Å²) in [5.41, 5.74) is 0. The maximum Gasteiger partial charge on any atom is 0.323 e. The van der Waals surface area contributed by atoms with Gasteiger partial charge in [-0.2, -0.15) is 0 Å². The van der Waals surface area contributed by atoms with Gasteiger partial charge in [-0.3, -0.25) is 4.79 Å². The Morgan fingerprint density at radius 3 is 2.38 bits per heavy atom. The monoisotopic (exact) mass is 234 g/mol. The molecule has 0 saturated carbocycles. The molecule has 0 aromatic heterocycles. The van der Waals surface area contributed by atoms with Crippen LogP contribution in [0, 0.1) is 0 Å². The van der Waals surface area contributed by atoms with Gasteiger partial charge in [-0.1, -0.05) is 0 Å². The largest absolute Gasteiger partial charge is 0.480 e. The maximum atomic E-state index is 11.7. The molecule has 0 aliphatic heterocycles. The molecule has 0 aromatic rings. The van der Waals surface area contributed by atoms with Crippen molar-refractivity contribution < 1.29 is 24.5 Å². The second-order valence-corrected chi connectivity index (χ2v) is 3.24. The zero-order valence-electron chi connectivity index (χ0n) is 9.55. The van der Waals surface area contributed by atoms with Crippen molar-refractivity contribution in [2.24, 2.45) is 0 Å². The molecular formula is C9H18N2O5. The molecule has 16 heavy (non-hydrogen) atoms. The molecule has 0 radical (unpaired) electrons. The number of carbonyl (C=O) groups excluding carboxylic acids is 1. The van der Waals surface area contributed by atoms with Gasteiger partial charge in [0.25, 0.3) is 0 Å². The van der Waals surface area contributed by atoms with E-state index in [9.17, 15) is 9.59 Å². The van der Waals surface area contributed by atoms with Crippen LogP contribution in [0.3, 0.4) is 0 Å². The van der Waals surface area contributed by atoms with Crippen LogP contribution in [0.2, 0.25) is 0 Å². The average molecular weight is 234 g/mol. The van der Waals surface area contributed by atoms with Gasteiger partial charge in [0.2, 0.25) is 0 Å². The molecule has 0 saturated heterocycles. The first-order valence-electron chi connectivity index (χ1n) is 4.84. The summed E-state index contributed by atoms with van der Waals surface area (Å²) in [6.45, 7) is 0.281. The van der Waals surface area contributed by atoms with Gasteiger partial charge in [-0.25, -0.2) is 4.79 Å². The van der Waals surface area contributed by atoms with E-state index in [1.807, 2.05) is 0 Å². The summed E-state index contributed by atoms with van der Waals surface area (Å²) in [6.07, 6.45) is 0. The standard InChI is InChI=1S/C9H18N2O5/c1-10(7-8(13)14)9(15)11(3-5-12)4-6-16-2/h12H,3-7H2,1-2H3,(H,13,14). The lowest BCUT2D eigenvalue weighted by molar-refractivity contribution is -0.137. The van der Waals surface area contributed by atoms with Gasteiger partial charge < -0.3 is 24.7 Å². The van der Waals surface area contributed by atoms with Crippen LogP contribution in [0.1, 0.15) is 0 Å². The second kappa shape index (κ2) is 7.89. The number of rotatable bonds is 7. The second-order valence-electron chi connectivity index (χ2n) is 3.24. The number of carbonyl (C=O) groups is 2. The number of carboxylic acid groups (broad SMARTS) is 1. The van der Waals surface area contributed by atoms with Gasteiger partial charge in [-0.05, 0) is 0 Å². The minimum Gasteiger partial charge on any atom is -0.480 e. The first-order valence-corrected chi connectivity index (χ1v) is 4.84. The van der Waals surface area contributed by atoms with Crippen molar-refractivity contribution in [2.75, 3.05) is 47.0 Å². The van der Waals surface area contributed by atoms with Gasteiger partial charge in [0, 0.05) is 27.2 Å². The Morgan fingerprint density at radius 1 is 1.31 bits per heavy atom. The van der Waals surface area contributed by atoms with Crippen LogP contribution in [0.25, 0.3) is 0 Å². The molecule has 2 N–H and O–H groups in total. The number of urea groups is 1.